The van der Waals surface area contributed by atoms with Gasteiger partial charge in [0.25, 0.3) is 0 Å². The van der Waals surface area contributed by atoms with E-state index in [9.17, 15) is 5.11 Å². The summed E-state index contributed by atoms with van der Waals surface area (Å²) in [7, 11) is 0. The summed E-state index contributed by atoms with van der Waals surface area (Å²) in [6.45, 7) is 7.81. The van der Waals surface area contributed by atoms with E-state index in [2.05, 4.69) is 22.2 Å². The lowest BCUT2D eigenvalue weighted by Gasteiger charge is -2.16. The van der Waals surface area contributed by atoms with Gasteiger partial charge < -0.3 is 20.5 Å². The topological polar surface area (TPSA) is 65.9 Å². The maximum atomic E-state index is 10.3. The molecule has 0 aliphatic carbocycles. The Hall–Kier alpha value is -2.06. The van der Waals surface area contributed by atoms with Crippen LogP contribution < -0.4 is 15.4 Å². The van der Waals surface area contributed by atoms with Gasteiger partial charge in [-0.15, -0.1) is 24.0 Å². The van der Waals surface area contributed by atoms with E-state index in [1.807, 2.05) is 61.5 Å². The molecular formula is C22H30IN3O2. The molecule has 6 heteroatoms. The molecule has 0 saturated heterocycles. The molecule has 0 heterocycles. The molecule has 0 bridgehead atoms. The van der Waals surface area contributed by atoms with Gasteiger partial charge in [0, 0.05) is 25.1 Å². The van der Waals surface area contributed by atoms with Gasteiger partial charge in [-0.05, 0) is 18.6 Å². The van der Waals surface area contributed by atoms with E-state index in [1.165, 1.54) is 0 Å². The average Bonchev–Trinajstić information content (AvgIpc) is 2.70. The van der Waals surface area contributed by atoms with Crippen LogP contribution in [0.25, 0.3) is 0 Å². The van der Waals surface area contributed by atoms with Crippen LogP contribution in [0.5, 0.6) is 5.75 Å². The predicted octanol–water partition coefficient (Wildman–Crippen LogP) is 3.53. The van der Waals surface area contributed by atoms with Gasteiger partial charge >= 0.3 is 0 Å². The second-order valence-electron chi connectivity index (χ2n) is 6.13. The molecule has 1 unspecified atom stereocenters. The van der Waals surface area contributed by atoms with E-state index >= 15 is 0 Å². The highest BCUT2D eigenvalue weighted by molar-refractivity contribution is 14.0. The van der Waals surface area contributed by atoms with E-state index in [-0.39, 0.29) is 24.0 Å². The smallest absolute Gasteiger partial charge is 0.191 e. The number of hydrogen-bond acceptors (Lipinski definition) is 3. The predicted molar refractivity (Wildman–Crippen MR) is 127 cm³/mol. The minimum atomic E-state index is -0.487. The minimum absolute atomic E-state index is 0. The van der Waals surface area contributed by atoms with Crippen LogP contribution >= 0.6 is 24.0 Å². The fourth-order valence-corrected chi connectivity index (χ4v) is 2.60. The van der Waals surface area contributed by atoms with Crippen molar-refractivity contribution in [3.8, 4) is 5.75 Å². The number of hydrogen-bond donors (Lipinski definition) is 3. The number of para-hydroxylation sites is 1. The molecule has 0 aliphatic heterocycles. The average molecular weight is 495 g/mol. The van der Waals surface area contributed by atoms with Crippen molar-refractivity contribution in [3.63, 3.8) is 0 Å². The first-order chi connectivity index (χ1) is 13.2. The van der Waals surface area contributed by atoms with E-state index in [1.54, 1.807) is 6.08 Å². The molecule has 5 nitrogen and oxygen atoms in total. The molecule has 0 spiro atoms. The monoisotopic (exact) mass is 495 g/mol. The Morgan fingerprint density at radius 3 is 2.57 bits per heavy atom. The molecule has 2 aromatic carbocycles. The van der Waals surface area contributed by atoms with Crippen LogP contribution in [0.4, 0.5) is 0 Å². The van der Waals surface area contributed by atoms with Crippen LogP contribution in [-0.4, -0.2) is 36.9 Å². The second-order valence-corrected chi connectivity index (χ2v) is 6.13. The van der Waals surface area contributed by atoms with Gasteiger partial charge in [-0.2, -0.15) is 0 Å². The molecule has 0 radical (unpaired) electrons. The summed E-state index contributed by atoms with van der Waals surface area (Å²) in [6.07, 6.45) is 1.84. The van der Waals surface area contributed by atoms with Crippen LogP contribution in [0.2, 0.25) is 0 Å². The number of nitrogens with zero attached hydrogens (tertiary/aromatic N) is 1. The van der Waals surface area contributed by atoms with E-state index in [0.717, 1.165) is 23.4 Å². The fraction of sp³-hybridized carbons (Fsp3) is 0.318. The van der Waals surface area contributed by atoms with Crippen molar-refractivity contribution in [2.45, 2.75) is 26.0 Å². The first kappa shape index (κ1) is 24.0. The van der Waals surface area contributed by atoms with Gasteiger partial charge in [0.15, 0.2) is 5.96 Å². The highest BCUT2D eigenvalue weighted by Gasteiger charge is 2.07. The summed E-state index contributed by atoms with van der Waals surface area (Å²) in [5.74, 6) is 1.48. The molecule has 0 saturated carbocycles. The Morgan fingerprint density at radius 1 is 1.14 bits per heavy atom. The Morgan fingerprint density at radius 2 is 1.86 bits per heavy atom. The third-order valence-electron chi connectivity index (χ3n) is 3.90. The number of ether oxygens (including phenoxy) is 1. The van der Waals surface area contributed by atoms with Crippen LogP contribution in [0, 0.1) is 0 Å². The molecule has 28 heavy (non-hydrogen) atoms. The first-order valence-corrected chi connectivity index (χ1v) is 9.28. The number of nitrogens with one attached hydrogen (secondary N) is 2. The zero-order valence-corrected chi connectivity index (χ0v) is 18.6. The van der Waals surface area contributed by atoms with Crippen molar-refractivity contribution in [3.05, 3.63) is 78.4 Å². The van der Waals surface area contributed by atoms with E-state index in [4.69, 9.17) is 4.74 Å². The van der Waals surface area contributed by atoms with Crippen molar-refractivity contribution in [1.82, 2.24) is 10.6 Å². The van der Waals surface area contributed by atoms with Gasteiger partial charge in [-0.3, -0.25) is 0 Å². The third-order valence-corrected chi connectivity index (χ3v) is 3.90. The number of aliphatic hydroxyl groups excluding tert-OH is 1. The Kier molecular flexibility index (Phi) is 12.0. The van der Waals surface area contributed by atoms with E-state index in [0.29, 0.717) is 32.1 Å². The maximum Gasteiger partial charge on any atom is 0.191 e. The molecular weight excluding hydrogens is 465 g/mol. The highest BCUT2D eigenvalue weighted by atomic mass is 127. The maximum absolute atomic E-state index is 10.3. The van der Waals surface area contributed by atoms with Gasteiger partial charge in [0.05, 0.1) is 12.6 Å². The number of benzene rings is 2. The lowest BCUT2D eigenvalue weighted by Crippen LogP contribution is -2.41. The normalized spacial score (nSPS) is 11.9. The van der Waals surface area contributed by atoms with Gasteiger partial charge in [0.2, 0.25) is 0 Å². The Labute approximate surface area is 184 Å². The number of guanidine groups is 1. The molecule has 2 rings (SSSR count). The fourth-order valence-electron chi connectivity index (χ4n) is 2.60. The van der Waals surface area contributed by atoms with E-state index < -0.39 is 6.10 Å². The summed E-state index contributed by atoms with van der Waals surface area (Å²) in [4.78, 5) is 4.61. The number of aliphatic imine (C=N–C) groups is 1. The summed E-state index contributed by atoms with van der Waals surface area (Å²) in [5, 5.41) is 16.7. The Balaban J connectivity index is 0.00000392. The van der Waals surface area contributed by atoms with Crippen molar-refractivity contribution >= 4 is 29.9 Å². The first-order valence-electron chi connectivity index (χ1n) is 9.28. The van der Waals surface area contributed by atoms with Crippen LogP contribution in [0.1, 0.15) is 18.1 Å². The quantitative estimate of drug-likeness (QED) is 0.204. The SMILES string of the molecule is C=CCOc1ccccc1CN=C(NCC)NCC(O)Cc1ccccc1.I. The minimum Gasteiger partial charge on any atom is -0.489 e. The largest absolute Gasteiger partial charge is 0.489 e. The molecule has 152 valence electrons. The molecule has 0 aromatic heterocycles. The van der Waals surface area contributed by atoms with Gasteiger partial charge in [0.1, 0.15) is 12.4 Å². The number of rotatable bonds is 10. The third kappa shape index (κ3) is 8.75. The molecule has 0 amide bonds. The van der Waals surface area contributed by atoms with Crippen molar-refractivity contribution in [2.24, 2.45) is 4.99 Å². The molecule has 0 aliphatic rings. The standard InChI is InChI=1S/C22H29N3O2.HI/c1-3-14-27-21-13-9-8-12-19(21)16-24-22(23-4-2)25-17-20(26)15-18-10-6-5-7-11-18;/h3,5-13,20,26H,1,4,14-17H2,2H3,(H2,23,24,25);1H. The molecule has 3 N–H and O–H groups in total. The summed E-state index contributed by atoms with van der Waals surface area (Å²) >= 11 is 0. The highest BCUT2D eigenvalue weighted by Crippen LogP contribution is 2.18. The van der Waals surface area contributed by atoms with Crippen molar-refractivity contribution < 1.29 is 9.84 Å². The second kappa shape index (κ2) is 14.0. The lowest BCUT2D eigenvalue weighted by molar-refractivity contribution is 0.177. The Bertz CT molecular complexity index is 723. The van der Waals surface area contributed by atoms with Crippen LogP contribution in [-0.2, 0) is 13.0 Å². The number of halogens is 1. The molecule has 2 aromatic rings. The molecule has 1 atom stereocenters. The van der Waals surface area contributed by atoms with Crippen LogP contribution in [0.3, 0.4) is 0 Å². The van der Waals surface area contributed by atoms with Gasteiger partial charge in [-0.1, -0.05) is 61.2 Å². The van der Waals surface area contributed by atoms with Crippen molar-refractivity contribution in [1.29, 1.82) is 0 Å². The zero-order chi connectivity index (χ0) is 19.3. The van der Waals surface area contributed by atoms with Crippen LogP contribution in [0.15, 0.2) is 72.2 Å². The number of aliphatic hydroxyl groups is 1. The summed E-state index contributed by atoms with van der Waals surface area (Å²) in [6, 6.07) is 17.8. The zero-order valence-electron chi connectivity index (χ0n) is 16.3. The van der Waals surface area contributed by atoms with Gasteiger partial charge in [-0.25, -0.2) is 4.99 Å². The van der Waals surface area contributed by atoms with Crippen molar-refractivity contribution in [2.75, 3.05) is 19.7 Å². The summed E-state index contributed by atoms with van der Waals surface area (Å²) in [5.41, 5.74) is 2.11. The molecule has 0 fully saturated rings. The lowest BCUT2D eigenvalue weighted by atomic mass is 10.1. The summed E-state index contributed by atoms with van der Waals surface area (Å²) < 4.78 is 5.68.